The molecule has 0 saturated heterocycles. The Balaban J connectivity index is 3.56. The molecule has 0 fully saturated rings. The first-order chi connectivity index (χ1) is 6.00. The van der Waals surface area contributed by atoms with E-state index >= 15 is 0 Å². The molecule has 0 spiro atoms. The van der Waals surface area contributed by atoms with E-state index < -0.39 is 27.7 Å². The van der Waals surface area contributed by atoms with E-state index in [9.17, 15) is 17.6 Å². The first kappa shape index (κ1) is 10.8. The van der Waals surface area contributed by atoms with E-state index in [0.29, 0.717) is 0 Å². The third-order valence-corrected chi connectivity index (χ3v) is 3.17. The van der Waals surface area contributed by atoms with E-state index in [4.69, 9.17) is 0 Å². The van der Waals surface area contributed by atoms with Crippen LogP contribution in [0.3, 0.4) is 0 Å². The quantitative estimate of drug-likeness (QED) is 0.326. The highest BCUT2D eigenvalue weighted by molar-refractivity contribution is 9.10. The largest absolute Gasteiger partial charge is 0.202 e. The molecule has 13 heavy (non-hydrogen) atoms. The first-order valence-corrected chi connectivity index (χ1v) is 5.08. The lowest BCUT2D eigenvalue weighted by molar-refractivity contribution is 0.395. The molecule has 0 amide bonds. The maximum atomic E-state index is 12.9. The lowest BCUT2D eigenvalue weighted by atomic mass is 10.3. The van der Waals surface area contributed by atoms with Gasteiger partial charge in [0.15, 0.2) is 23.3 Å². The Kier molecular flexibility index (Phi) is 3.23. The van der Waals surface area contributed by atoms with Crippen molar-refractivity contribution in [2.75, 3.05) is 6.26 Å². The summed E-state index contributed by atoms with van der Waals surface area (Å²) in [6, 6.07) is 0. The lowest BCUT2D eigenvalue weighted by Crippen LogP contribution is -1.99. The summed E-state index contributed by atoms with van der Waals surface area (Å²) in [5, 5.41) is 0. The third-order valence-electron chi connectivity index (χ3n) is 1.37. The van der Waals surface area contributed by atoms with Crippen LogP contribution in [0.1, 0.15) is 0 Å². The van der Waals surface area contributed by atoms with Crippen molar-refractivity contribution in [1.82, 2.24) is 0 Å². The highest BCUT2D eigenvalue weighted by Gasteiger charge is 2.23. The van der Waals surface area contributed by atoms with Crippen molar-refractivity contribution < 1.29 is 17.6 Å². The van der Waals surface area contributed by atoms with Crippen molar-refractivity contribution in [2.45, 2.75) is 4.90 Å². The van der Waals surface area contributed by atoms with Gasteiger partial charge in [0.1, 0.15) is 0 Å². The molecule has 0 radical (unpaired) electrons. The zero-order valence-corrected chi connectivity index (χ0v) is 8.70. The molecule has 1 aromatic rings. The summed E-state index contributed by atoms with van der Waals surface area (Å²) in [6.45, 7) is 0. The minimum absolute atomic E-state index is 0.281. The molecule has 0 nitrogen and oxygen atoms in total. The summed E-state index contributed by atoms with van der Waals surface area (Å²) in [4.78, 5) is -0.281. The van der Waals surface area contributed by atoms with Gasteiger partial charge in [-0.3, -0.25) is 0 Å². The number of halogens is 5. The van der Waals surface area contributed by atoms with Crippen LogP contribution in [0.15, 0.2) is 9.37 Å². The molecule has 0 heterocycles. The van der Waals surface area contributed by atoms with Gasteiger partial charge in [-0.05, 0) is 22.2 Å². The van der Waals surface area contributed by atoms with E-state index in [1.165, 1.54) is 6.26 Å². The number of hydrogen-bond donors (Lipinski definition) is 0. The number of rotatable bonds is 1. The van der Waals surface area contributed by atoms with Crippen molar-refractivity contribution in [3.05, 3.63) is 27.7 Å². The second kappa shape index (κ2) is 3.88. The number of hydrogen-bond acceptors (Lipinski definition) is 1. The van der Waals surface area contributed by atoms with Gasteiger partial charge in [-0.15, -0.1) is 11.8 Å². The maximum absolute atomic E-state index is 12.9. The zero-order chi connectivity index (χ0) is 10.2. The van der Waals surface area contributed by atoms with Gasteiger partial charge >= 0.3 is 0 Å². The normalized spacial score (nSPS) is 10.6. The molecule has 0 N–H and O–H groups in total. The van der Waals surface area contributed by atoms with Crippen molar-refractivity contribution in [2.24, 2.45) is 0 Å². The summed E-state index contributed by atoms with van der Waals surface area (Å²) in [5.41, 5.74) is 0. The van der Waals surface area contributed by atoms with E-state index in [2.05, 4.69) is 15.9 Å². The van der Waals surface area contributed by atoms with E-state index in [1.54, 1.807) is 0 Å². The fraction of sp³-hybridized carbons (Fsp3) is 0.143. The Bertz CT molecular complexity index is 324. The van der Waals surface area contributed by atoms with E-state index in [-0.39, 0.29) is 4.90 Å². The molecular weight excluding hydrogens is 272 g/mol. The molecule has 0 unspecified atom stereocenters. The van der Waals surface area contributed by atoms with Gasteiger partial charge in [-0.1, -0.05) is 0 Å². The molecule has 0 saturated carbocycles. The predicted molar refractivity (Wildman–Crippen MR) is 45.8 cm³/mol. The van der Waals surface area contributed by atoms with Gasteiger partial charge in [0.2, 0.25) is 0 Å². The molecule has 6 heteroatoms. The molecule has 72 valence electrons. The minimum atomic E-state index is -1.80. The summed E-state index contributed by atoms with van der Waals surface area (Å²) in [6.07, 6.45) is 1.43. The topological polar surface area (TPSA) is 0 Å². The molecular formula is C7H3BrF4S. The summed E-state index contributed by atoms with van der Waals surface area (Å²) >= 11 is 3.42. The van der Waals surface area contributed by atoms with E-state index in [1.807, 2.05) is 0 Å². The van der Waals surface area contributed by atoms with Crippen LogP contribution < -0.4 is 0 Å². The van der Waals surface area contributed by atoms with Crippen molar-refractivity contribution >= 4 is 27.7 Å². The van der Waals surface area contributed by atoms with Crippen LogP contribution in [0.4, 0.5) is 17.6 Å². The average Bonchev–Trinajstić information content (AvgIpc) is 2.13. The Morgan fingerprint density at radius 3 is 1.85 bits per heavy atom. The highest BCUT2D eigenvalue weighted by atomic mass is 79.9. The SMILES string of the molecule is CSc1c(F)c(F)c(F)c(F)c1Br. The van der Waals surface area contributed by atoms with Gasteiger partial charge in [-0.25, -0.2) is 17.6 Å². The van der Waals surface area contributed by atoms with Gasteiger partial charge in [-0.2, -0.15) is 0 Å². The van der Waals surface area contributed by atoms with Crippen LogP contribution in [0.5, 0.6) is 0 Å². The second-order valence-electron chi connectivity index (χ2n) is 2.10. The van der Waals surface area contributed by atoms with Crippen LogP contribution in [0, 0.1) is 23.3 Å². The number of thioether (sulfide) groups is 1. The minimum Gasteiger partial charge on any atom is -0.202 e. The Labute approximate surface area is 84.4 Å². The van der Waals surface area contributed by atoms with Crippen LogP contribution in [-0.2, 0) is 0 Å². The highest BCUT2D eigenvalue weighted by Crippen LogP contribution is 2.34. The van der Waals surface area contributed by atoms with Gasteiger partial charge in [0.05, 0.1) is 9.37 Å². The van der Waals surface area contributed by atoms with E-state index in [0.717, 1.165) is 11.8 Å². The second-order valence-corrected chi connectivity index (χ2v) is 3.71. The van der Waals surface area contributed by atoms with Crippen molar-refractivity contribution in [3.63, 3.8) is 0 Å². The van der Waals surface area contributed by atoms with Crippen LogP contribution in [0.25, 0.3) is 0 Å². The van der Waals surface area contributed by atoms with Crippen molar-refractivity contribution in [1.29, 1.82) is 0 Å². The van der Waals surface area contributed by atoms with Crippen LogP contribution in [0.2, 0.25) is 0 Å². The first-order valence-electron chi connectivity index (χ1n) is 3.06. The Morgan fingerprint density at radius 2 is 1.38 bits per heavy atom. The van der Waals surface area contributed by atoms with Crippen molar-refractivity contribution in [3.8, 4) is 0 Å². The zero-order valence-electron chi connectivity index (χ0n) is 6.30. The van der Waals surface area contributed by atoms with Crippen LogP contribution >= 0.6 is 27.7 Å². The Hall–Kier alpha value is -0.230. The average molecular weight is 275 g/mol. The molecule has 0 aliphatic heterocycles. The number of benzene rings is 1. The maximum Gasteiger partial charge on any atom is 0.198 e. The lowest BCUT2D eigenvalue weighted by Gasteiger charge is -2.05. The fourth-order valence-corrected chi connectivity index (χ4v) is 2.14. The van der Waals surface area contributed by atoms with Gasteiger partial charge < -0.3 is 0 Å². The molecule has 0 aromatic heterocycles. The smallest absolute Gasteiger partial charge is 0.198 e. The predicted octanol–water partition coefficient (Wildman–Crippen LogP) is 3.73. The summed E-state index contributed by atoms with van der Waals surface area (Å²) in [5.74, 6) is -6.38. The monoisotopic (exact) mass is 274 g/mol. The van der Waals surface area contributed by atoms with Gasteiger partial charge in [0, 0.05) is 0 Å². The molecule has 1 rings (SSSR count). The van der Waals surface area contributed by atoms with Gasteiger partial charge in [0.25, 0.3) is 0 Å². The molecule has 0 bridgehead atoms. The third kappa shape index (κ3) is 1.69. The molecule has 0 aliphatic rings. The fourth-order valence-electron chi connectivity index (χ4n) is 0.764. The van der Waals surface area contributed by atoms with Crippen LogP contribution in [-0.4, -0.2) is 6.26 Å². The standard InChI is InChI=1S/C7H3BrF4S/c1-13-7-2(8)3(9)4(10)5(11)6(7)12/h1H3. The Morgan fingerprint density at radius 1 is 0.923 bits per heavy atom. The summed E-state index contributed by atoms with van der Waals surface area (Å²) < 4.78 is 50.4. The summed E-state index contributed by atoms with van der Waals surface area (Å²) in [7, 11) is 0. The molecule has 0 aliphatic carbocycles. The molecule has 1 aromatic carbocycles. The molecule has 0 atom stereocenters.